The number of nitrogens with one attached hydrogen (secondary N) is 1. The standard InChI is InChI=1S/C13H13BrFNO/c1-13(2,3)10-6-9(17)11-8(15)5-4-7(14)12(11)16-10/h4-6H,1-3H3,(H,16,17). The molecule has 1 N–H and O–H groups in total. The molecule has 1 aromatic carbocycles. The quantitative estimate of drug-likeness (QED) is 0.790. The van der Waals surface area contributed by atoms with E-state index in [0.717, 1.165) is 5.69 Å². The number of hydrogen-bond donors (Lipinski definition) is 1. The molecular weight excluding hydrogens is 285 g/mol. The zero-order chi connectivity index (χ0) is 12.8. The van der Waals surface area contributed by atoms with Crippen LogP contribution >= 0.6 is 15.9 Å². The topological polar surface area (TPSA) is 32.9 Å². The normalized spacial score (nSPS) is 12.1. The van der Waals surface area contributed by atoms with Crippen LogP contribution in [0.5, 0.6) is 0 Å². The Morgan fingerprint density at radius 3 is 2.53 bits per heavy atom. The maximum absolute atomic E-state index is 13.6. The Labute approximate surface area is 107 Å². The van der Waals surface area contributed by atoms with E-state index in [9.17, 15) is 9.18 Å². The molecule has 0 aliphatic heterocycles. The maximum atomic E-state index is 13.6. The van der Waals surface area contributed by atoms with Gasteiger partial charge in [0.1, 0.15) is 5.82 Å². The third-order valence-electron chi connectivity index (χ3n) is 2.69. The molecule has 0 aliphatic rings. The molecule has 2 rings (SSSR count). The van der Waals surface area contributed by atoms with Crippen LogP contribution in [0.2, 0.25) is 0 Å². The molecule has 0 saturated heterocycles. The number of halogens is 2. The van der Waals surface area contributed by atoms with Crippen LogP contribution in [0.4, 0.5) is 4.39 Å². The molecule has 1 heterocycles. The van der Waals surface area contributed by atoms with Crippen molar-refractivity contribution in [2.45, 2.75) is 26.2 Å². The monoisotopic (exact) mass is 297 g/mol. The molecule has 1 aromatic heterocycles. The minimum atomic E-state index is -0.495. The van der Waals surface area contributed by atoms with E-state index in [-0.39, 0.29) is 16.2 Å². The molecule has 0 aliphatic carbocycles. The van der Waals surface area contributed by atoms with E-state index < -0.39 is 5.82 Å². The van der Waals surface area contributed by atoms with Crippen molar-refractivity contribution in [2.24, 2.45) is 0 Å². The van der Waals surface area contributed by atoms with Crippen LogP contribution in [0.15, 0.2) is 27.5 Å². The van der Waals surface area contributed by atoms with Crippen molar-refractivity contribution in [3.8, 4) is 0 Å². The van der Waals surface area contributed by atoms with E-state index in [1.165, 1.54) is 12.1 Å². The molecule has 0 amide bonds. The highest BCUT2D eigenvalue weighted by molar-refractivity contribution is 9.10. The predicted octanol–water partition coefficient (Wildman–Crippen LogP) is 3.73. The smallest absolute Gasteiger partial charge is 0.192 e. The maximum Gasteiger partial charge on any atom is 0.192 e. The van der Waals surface area contributed by atoms with Gasteiger partial charge in [-0.2, -0.15) is 0 Å². The van der Waals surface area contributed by atoms with E-state index >= 15 is 0 Å². The number of aromatic amines is 1. The predicted molar refractivity (Wildman–Crippen MR) is 70.9 cm³/mol. The Kier molecular flexibility index (Phi) is 2.86. The highest BCUT2D eigenvalue weighted by Gasteiger charge is 2.18. The summed E-state index contributed by atoms with van der Waals surface area (Å²) in [4.78, 5) is 15.1. The first kappa shape index (κ1) is 12.3. The molecular formula is C13H13BrFNO. The second-order valence-electron chi connectivity index (χ2n) is 5.08. The van der Waals surface area contributed by atoms with E-state index in [2.05, 4.69) is 20.9 Å². The molecule has 0 saturated carbocycles. The Morgan fingerprint density at radius 1 is 1.29 bits per heavy atom. The van der Waals surface area contributed by atoms with Gasteiger partial charge in [-0.15, -0.1) is 0 Å². The van der Waals surface area contributed by atoms with Crippen LogP contribution in [0, 0.1) is 5.82 Å². The molecule has 90 valence electrons. The Bertz CT molecular complexity index is 640. The fourth-order valence-corrected chi connectivity index (χ4v) is 2.12. The zero-order valence-electron chi connectivity index (χ0n) is 9.90. The number of fused-ring (bicyclic) bond motifs is 1. The summed E-state index contributed by atoms with van der Waals surface area (Å²) in [6.07, 6.45) is 0. The highest BCUT2D eigenvalue weighted by Crippen LogP contribution is 2.26. The molecule has 0 bridgehead atoms. The minimum Gasteiger partial charge on any atom is -0.357 e. The van der Waals surface area contributed by atoms with Crippen LogP contribution in [-0.4, -0.2) is 4.98 Å². The molecule has 0 radical (unpaired) electrons. The van der Waals surface area contributed by atoms with Gasteiger partial charge in [-0.25, -0.2) is 4.39 Å². The molecule has 0 spiro atoms. The first-order valence-electron chi connectivity index (χ1n) is 5.32. The van der Waals surface area contributed by atoms with Crippen LogP contribution in [-0.2, 0) is 5.41 Å². The summed E-state index contributed by atoms with van der Waals surface area (Å²) in [6.45, 7) is 5.99. The average Bonchev–Trinajstić information content (AvgIpc) is 2.21. The first-order valence-corrected chi connectivity index (χ1v) is 6.11. The van der Waals surface area contributed by atoms with Crippen LogP contribution in [0.3, 0.4) is 0 Å². The zero-order valence-corrected chi connectivity index (χ0v) is 11.5. The van der Waals surface area contributed by atoms with Gasteiger partial charge >= 0.3 is 0 Å². The second kappa shape index (κ2) is 3.95. The lowest BCUT2D eigenvalue weighted by Gasteiger charge is -2.19. The lowest BCUT2D eigenvalue weighted by Crippen LogP contribution is -2.18. The second-order valence-corrected chi connectivity index (χ2v) is 5.93. The first-order chi connectivity index (χ1) is 7.80. The molecule has 0 fully saturated rings. The molecule has 2 aromatic rings. The molecule has 2 nitrogen and oxygen atoms in total. The van der Waals surface area contributed by atoms with Crippen molar-refractivity contribution >= 4 is 26.8 Å². The number of hydrogen-bond acceptors (Lipinski definition) is 1. The van der Waals surface area contributed by atoms with Gasteiger partial charge in [0.15, 0.2) is 5.43 Å². The van der Waals surface area contributed by atoms with Crippen molar-refractivity contribution in [1.82, 2.24) is 4.98 Å². The van der Waals surface area contributed by atoms with Crippen LogP contribution < -0.4 is 5.43 Å². The van der Waals surface area contributed by atoms with Gasteiger partial charge in [0, 0.05) is 21.6 Å². The van der Waals surface area contributed by atoms with Gasteiger partial charge in [0.25, 0.3) is 0 Å². The number of pyridine rings is 1. The molecule has 17 heavy (non-hydrogen) atoms. The number of rotatable bonds is 0. The lowest BCUT2D eigenvalue weighted by atomic mass is 9.91. The summed E-state index contributed by atoms with van der Waals surface area (Å²) in [5, 5.41) is 0.104. The van der Waals surface area contributed by atoms with Gasteiger partial charge in [0.05, 0.1) is 10.9 Å². The van der Waals surface area contributed by atoms with Crippen molar-refractivity contribution in [3.05, 3.63) is 44.4 Å². The Morgan fingerprint density at radius 2 is 1.94 bits per heavy atom. The molecule has 0 unspecified atom stereocenters. The minimum absolute atomic E-state index is 0.104. The van der Waals surface area contributed by atoms with Crippen molar-refractivity contribution < 1.29 is 4.39 Å². The van der Waals surface area contributed by atoms with Gasteiger partial charge in [-0.05, 0) is 28.1 Å². The van der Waals surface area contributed by atoms with E-state index in [1.54, 1.807) is 6.07 Å². The Hall–Kier alpha value is -1.16. The third kappa shape index (κ3) is 2.14. The number of aromatic nitrogens is 1. The largest absolute Gasteiger partial charge is 0.357 e. The summed E-state index contributed by atoms with van der Waals surface area (Å²) in [5.41, 5.74) is 0.838. The van der Waals surface area contributed by atoms with Crippen molar-refractivity contribution in [2.75, 3.05) is 0 Å². The van der Waals surface area contributed by atoms with Gasteiger partial charge in [-0.3, -0.25) is 4.79 Å². The number of benzene rings is 1. The van der Waals surface area contributed by atoms with Crippen LogP contribution in [0.25, 0.3) is 10.9 Å². The summed E-state index contributed by atoms with van der Waals surface area (Å²) in [7, 11) is 0. The van der Waals surface area contributed by atoms with Gasteiger partial charge < -0.3 is 4.98 Å². The highest BCUT2D eigenvalue weighted by atomic mass is 79.9. The summed E-state index contributed by atoms with van der Waals surface area (Å²) < 4.78 is 14.3. The summed E-state index contributed by atoms with van der Waals surface area (Å²) >= 11 is 3.33. The van der Waals surface area contributed by atoms with E-state index in [0.29, 0.717) is 9.99 Å². The van der Waals surface area contributed by atoms with E-state index in [1.807, 2.05) is 20.8 Å². The average molecular weight is 298 g/mol. The SMILES string of the molecule is CC(C)(C)c1cc(=O)c2c(F)ccc(Br)c2[nH]1. The Balaban J connectivity index is 2.92. The number of H-pyrrole nitrogens is 1. The molecule has 4 heteroatoms. The van der Waals surface area contributed by atoms with Gasteiger partial charge in [-0.1, -0.05) is 20.8 Å². The fourth-order valence-electron chi connectivity index (χ4n) is 1.69. The fraction of sp³-hybridized carbons (Fsp3) is 0.308. The lowest BCUT2D eigenvalue weighted by molar-refractivity contribution is 0.570. The van der Waals surface area contributed by atoms with Gasteiger partial charge in [0.2, 0.25) is 0 Å². The third-order valence-corrected chi connectivity index (χ3v) is 3.35. The van der Waals surface area contributed by atoms with Crippen LogP contribution in [0.1, 0.15) is 26.5 Å². The van der Waals surface area contributed by atoms with Crippen molar-refractivity contribution in [1.29, 1.82) is 0 Å². The van der Waals surface area contributed by atoms with E-state index in [4.69, 9.17) is 0 Å². The molecule has 0 atom stereocenters. The summed E-state index contributed by atoms with van der Waals surface area (Å²) in [6, 6.07) is 4.36. The summed E-state index contributed by atoms with van der Waals surface area (Å²) in [5.74, 6) is -0.495. The van der Waals surface area contributed by atoms with Crippen molar-refractivity contribution in [3.63, 3.8) is 0 Å².